The lowest BCUT2D eigenvalue weighted by molar-refractivity contribution is -0.117. The molecule has 0 fully saturated rings. The summed E-state index contributed by atoms with van der Waals surface area (Å²) in [6.07, 6.45) is 0. The average molecular weight is 388 g/mol. The molecule has 0 saturated heterocycles. The Labute approximate surface area is 169 Å². The van der Waals surface area contributed by atoms with E-state index in [-0.39, 0.29) is 24.2 Å². The number of hydrogen-bond donors (Lipinski definition) is 1. The first-order valence-electron chi connectivity index (χ1n) is 9.46. The summed E-state index contributed by atoms with van der Waals surface area (Å²) in [5.41, 5.74) is 4.61. The summed E-state index contributed by atoms with van der Waals surface area (Å²) in [6, 6.07) is 18.6. The van der Waals surface area contributed by atoms with Crippen molar-refractivity contribution >= 4 is 17.5 Å². The van der Waals surface area contributed by atoms with Crippen molar-refractivity contribution in [2.45, 2.75) is 19.9 Å². The molecule has 146 valence electrons. The number of halogens is 1. The maximum atomic E-state index is 13.6. The molecule has 1 aliphatic rings. The Balaban J connectivity index is 1.91. The van der Waals surface area contributed by atoms with E-state index in [9.17, 15) is 14.0 Å². The molecule has 0 aliphatic carbocycles. The van der Waals surface area contributed by atoms with E-state index >= 15 is 0 Å². The number of nitrogens with zero attached hydrogens (tertiary/aromatic N) is 1. The van der Waals surface area contributed by atoms with E-state index < -0.39 is 6.04 Å². The Hall–Kier alpha value is -3.47. The molecule has 3 aromatic carbocycles. The number of rotatable bonds is 2. The summed E-state index contributed by atoms with van der Waals surface area (Å²) in [6.45, 7) is 3.74. The number of fused-ring (bicyclic) bond motifs is 1. The normalized spacial score (nSPS) is 16.0. The number of amides is 2. The van der Waals surface area contributed by atoms with E-state index in [1.54, 1.807) is 23.1 Å². The SMILES string of the molecule is Cc1ccc2c(c1)C(c1ccc(F)cc1)N(C(=O)c1ccccc1C)CC(=O)N2. The van der Waals surface area contributed by atoms with Crippen LogP contribution in [0.4, 0.5) is 10.1 Å². The van der Waals surface area contributed by atoms with Crippen LogP contribution >= 0.6 is 0 Å². The van der Waals surface area contributed by atoms with Crippen LogP contribution < -0.4 is 5.32 Å². The summed E-state index contributed by atoms with van der Waals surface area (Å²) >= 11 is 0. The summed E-state index contributed by atoms with van der Waals surface area (Å²) in [7, 11) is 0. The molecule has 29 heavy (non-hydrogen) atoms. The van der Waals surface area contributed by atoms with E-state index in [1.807, 2.05) is 50.2 Å². The van der Waals surface area contributed by atoms with E-state index in [0.717, 1.165) is 22.3 Å². The highest BCUT2D eigenvalue weighted by Gasteiger charge is 2.34. The quantitative estimate of drug-likeness (QED) is 0.696. The third-order valence-electron chi connectivity index (χ3n) is 5.22. The van der Waals surface area contributed by atoms with Crippen molar-refractivity contribution in [3.63, 3.8) is 0 Å². The molecule has 0 saturated carbocycles. The fourth-order valence-corrected chi connectivity index (χ4v) is 3.79. The van der Waals surface area contributed by atoms with Gasteiger partial charge in [0.15, 0.2) is 0 Å². The molecule has 1 atom stereocenters. The van der Waals surface area contributed by atoms with Gasteiger partial charge in [0, 0.05) is 16.8 Å². The summed E-state index contributed by atoms with van der Waals surface area (Å²) < 4.78 is 13.6. The molecule has 4 nitrogen and oxygen atoms in total. The van der Waals surface area contributed by atoms with Crippen LogP contribution in [0.3, 0.4) is 0 Å². The zero-order valence-corrected chi connectivity index (χ0v) is 16.3. The van der Waals surface area contributed by atoms with Crippen LogP contribution in [-0.2, 0) is 4.79 Å². The molecule has 3 aromatic rings. The molecule has 0 bridgehead atoms. The lowest BCUT2D eigenvalue weighted by Crippen LogP contribution is -2.39. The van der Waals surface area contributed by atoms with E-state index in [1.165, 1.54) is 12.1 Å². The lowest BCUT2D eigenvalue weighted by Gasteiger charge is -2.31. The van der Waals surface area contributed by atoms with Crippen LogP contribution in [0, 0.1) is 19.7 Å². The van der Waals surface area contributed by atoms with Crippen molar-refractivity contribution in [3.05, 3.63) is 100 Å². The van der Waals surface area contributed by atoms with Crippen LogP contribution in [0.15, 0.2) is 66.7 Å². The predicted molar refractivity (Wildman–Crippen MR) is 110 cm³/mol. The Bertz CT molecular complexity index is 1090. The number of hydrogen-bond acceptors (Lipinski definition) is 2. The van der Waals surface area contributed by atoms with Gasteiger partial charge in [0.2, 0.25) is 5.91 Å². The minimum absolute atomic E-state index is 0.0943. The minimum atomic E-state index is -0.517. The van der Waals surface area contributed by atoms with E-state index in [2.05, 4.69) is 5.32 Å². The Kier molecular flexibility index (Phi) is 4.89. The number of benzene rings is 3. The van der Waals surface area contributed by atoms with Gasteiger partial charge in [0.1, 0.15) is 12.4 Å². The second-order valence-electron chi connectivity index (χ2n) is 7.34. The summed E-state index contributed by atoms with van der Waals surface area (Å²) in [4.78, 5) is 27.7. The molecule has 1 heterocycles. The lowest BCUT2D eigenvalue weighted by atomic mass is 9.93. The van der Waals surface area contributed by atoms with Crippen molar-refractivity contribution < 1.29 is 14.0 Å². The third-order valence-corrected chi connectivity index (χ3v) is 5.22. The van der Waals surface area contributed by atoms with Gasteiger partial charge in [-0.25, -0.2) is 4.39 Å². The van der Waals surface area contributed by atoms with Crippen LogP contribution in [0.2, 0.25) is 0 Å². The fraction of sp³-hybridized carbons (Fsp3) is 0.167. The number of carbonyl (C=O) groups is 2. The first-order valence-corrected chi connectivity index (χ1v) is 9.46. The molecule has 1 N–H and O–H groups in total. The second-order valence-corrected chi connectivity index (χ2v) is 7.34. The molecular weight excluding hydrogens is 367 g/mol. The van der Waals surface area contributed by atoms with Crippen LogP contribution in [0.1, 0.15) is 38.7 Å². The van der Waals surface area contributed by atoms with Gasteiger partial charge >= 0.3 is 0 Å². The highest BCUT2D eigenvalue weighted by atomic mass is 19.1. The van der Waals surface area contributed by atoms with Gasteiger partial charge in [-0.2, -0.15) is 0 Å². The molecule has 1 aliphatic heterocycles. The minimum Gasteiger partial charge on any atom is -0.324 e. The monoisotopic (exact) mass is 388 g/mol. The standard InChI is InChI=1S/C24H21FN2O2/c1-15-7-12-21-20(13-15)23(17-8-10-18(25)11-9-17)27(14-22(28)26-21)24(29)19-6-4-3-5-16(19)2/h3-13,23H,14H2,1-2H3,(H,26,28). The van der Waals surface area contributed by atoms with Crippen molar-refractivity contribution in [1.82, 2.24) is 4.90 Å². The first-order chi connectivity index (χ1) is 13.9. The van der Waals surface area contributed by atoms with E-state index in [4.69, 9.17) is 0 Å². The van der Waals surface area contributed by atoms with Gasteiger partial charge < -0.3 is 10.2 Å². The number of carbonyl (C=O) groups excluding carboxylic acids is 2. The zero-order valence-electron chi connectivity index (χ0n) is 16.3. The molecule has 2 amide bonds. The maximum absolute atomic E-state index is 13.6. The smallest absolute Gasteiger partial charge is 0.255 e. The highest BCUT2D eigenvalue weighted by molar-refractivity contribution is 6.02. The molecule has 0 spiro atoms. The third kappa shape index (κ3) is 3.63. The van der Waals surface area contributed by atoms with Crippen LogP contribution in [-0.4, -0.2) is 23.3 Å². The van der Waals surface area contributed by atoms with Crippen molar-refractivity contribution in [2.24, 2.45) is 0 Å². The molecule has 0 aromatic heterocycles. The summed E-state index contributed by atoms with van der Waals surface area (Å²) in [5, 5.41) is 2.90. The molecular formula is C24H21FN2O2. The largest absolute Gasteiger partial charge is 0.324 e. The molecule has 4 rings (SSSR count). The first kappa shape index (κ1) is 18.9. The van der Waals surface area contributed by atoms with Gasteiger partial charge in [0.25, 0.3) is 5.91 Å². The number of nitrogens with one attached hydrogen (secondary N) is 1. The topological polar surface area (TPSA) is 49.4 Å². The number of aryl methyl sites for hydroxylation is 2. The Morgan fingerprint density at radius 2 is 1.76 bits per heavy atom. The van der Waals surface area contributed by atoms with Gasteiger partial charge in [0.05, 0.1) is 6.04 Å². The Morgan fingerprint density at radius 3 is 2.48 bits per heavy atom. The van der Waals surface area contributed by atoms with Gasteiger partial charge in [-0.05, 0) is 49.2 Å². The van der Waals surface area contributed by atoms with Crippen LogP contribution in [0.5, 0.6) is 0 Å². The van der Waals surface area contributed by atoms with E-state index in [0.29, 0.717) is 11.3 Å². The van der Waals surface area contributed by atoms with Crippen LogP contribution in [0.25, 0.3) is 0 Å². The highest BCUT2D eigenvalue weighted by Crippen LogP contribution is 2.37. The molecule has 1 unspecified atom stereocenters. The average Bonchev–Trinajstić information content (AvgIpc) is 2.84. The maximum Gasteiger partial charge on any atom is 0.255 e. The fourth-order valence-electron chi connectivity index (χ4n) is 3.79. The predicted octanol–water partition coefficient (Wildman–Crippen LogP) is 4.63. The zero-order chi connectivity index (χ0) is 20.5. The molecule has 0 radical (unpaired) electrons. The second kappa shape index (κ2) is 7.51. The van der Waals surface area contributed by atoms with Gasteiger partial charge in [-0.1, -0.05) is 48.0 Å². The van der Waals surface area contributed by atoms with Crippen molar-refractivity contribution in [3.8, 4) is 0 Å². The Morgan fingerprint density at radius 1 is 1.03 bits per heavy atom. The van der Waals surface area contributed by atoms with Crippen molar-refractivity contribution in [2.75, 3.05) is 11.9 Å². The molecule has 5 heteroatoms. The van der Waals surface area contributed by atoms with Crippen molar-refractivity contribution in [1.29, 1.82) is 0 Å². The van der Waals surface area contributed by atoms with Gasteiger partial charge in [-0.15, -0.1) is 0 Å². The number of anilines is 1. The van der Waals surface area contributed by atoms with Gasteiger partial charge in [-0.3, -0.25) is 9.59 Å². The summed E-state index contributed by atoms with van der Waals surface area (Å²) in [5.74, 6) is -0.846.